The van der Waals surface area contributed by atoms with Gasteiger partial charge in [-0.15, -0.1) is 13.2 Å². The predicted molar refractivity (Wildman–Crippen MR) is 68.0 cm³/mol. The molecule has 0 saturated carbocycles. The van der Waals surface area contributed by atoms with Gasteiger partial charge in [0.1, 0.15) is 23.3 Å². The number of aliphatic hydroxyl groups excluding tert-OH is 1. The molecule has 1 N–H and O–H groups in total. The van der Waals surface area contributed by atoms with E-state index in [1.807, 2.05) is 0 Å². The number of aliphatic hydroxyl groups is 1. The highest BCUT2D eigenvalue weighted by Gasteiger charge is 2.31. The van der Waals surface area contributed by atoms with Gasteiger partial charge in [0.2, 0.25) is 0 Å². The van der Waals surface area contributed by atoms with E-state index in [2.05, 4.69) is 9.72 Å². The van der Waals surface area contributed by atoms with E-state index in [1.54, 1.807) is 12.1 Å². The van der Waals surface area contributed by atoms with Crippen LogP contribution in [0.25, 0.3) is 0 Å². The number of methoxy groups -OCH3 is 1. The third-order valence-corrected chi connectivity index (χ3v) is 2.69. The van der Waals surface area contributed by atoms with Crippen molar-refractivity contribution in [3.63, 3.8) is 0 Å². The summed E-state index contributed by atoms with van der Waals surface area (Å²) >= 11 is 0. The van der Waals surface area contributed by atoms with Crippen molar-refractivity contribution in [3.8, 4) is 11.5 Å². The molecule has 1 heterocycles. The van der Waals surface area contributed by atoms with Crippen molar-refractivity contribution in [2.45, 2.75) is 12.5 Å². The highest BCUT2D eigenvalue weighted by Crippen LogP contribution is 2.31. The summed E-state index contributed by atoms with van der Waals surface area (Å²) in [6, 6.07) is 8.31. The van der Waals surface area contributed by atoms with Gasteiger partial charge in [-0.05, 0) is 29.8 Å². The standard InChI is InChI=1S/C14H12F3NO3/c1-20-11-6-3-7-18-12(11)13(19)9-4-2-5-10(8-9)21-14(15,16)17/h2-8,13,19H,1H3. The van der Waals surface area contributed by atoms with Crippen molar-refractivity contribution < 1.29 is 27.8 Å². The van der Waals surface area contributed by atoms with E-state index in [0.717, 1.165) is 12.1 Å². The van der Waals surface area contributed by atoms with Crippen LogP contribution in [0.15, 0.2) is 42.6 Å². The van der Waals surface area contributed by atoms with Gasteiger partial charge in [-0.25, -0.2) is 0 Å². The molecular weight excluding hydrogens is 287 g/mol. The fraction of sp³-hybridized carbons (Fsp3) is 0.214. The van der Waals surface area contributed by atoms with Crippen LogP contribution >= 0.6 is 0 Å². The van der Waals surface area contributed by atoms with Crippen molar-refractivity contribution in [2.24, 2.45) is 0 Å². The van der Waals surface area contributed by atoms with Gasteiger partial charge < -0.3 is 14.6 Å². The van der Waals surface area contributed by atoms with Crippen LogP contribution in [-0.2, 0) is 0 Å². The number of hydrogen-bond acceptors (Lipinski definition) is 4. The minimum Gasteiger partial charge on any atom is -0.495 e. The van der Waals surface area contributed by atoms with Crippen LogP contribution in [0, 0.1) is 0 Å². The first-order chi connectivity index (χ1) is 9.90. The third kappa shape index (κ3) is 3.85. The van der Waals surface area contributed by atoms with E-state index in [1.165, 1.54) is 25.4 Å². The molecule has 2 aromatic rings. The monoisotopic (exact) mass is 299 g/mol. The van der Waals surface area contributed by atoms with Crippen LogP contribution in [0.2, 0.25) is 0 Å². The van der Waals surface area contributed by atoms with Gasteiger partial charge in [-0.1, -0.05) is 12.1 Å². The Bertz CT molecular complexity index is 616. The zero-order valence-electron chi connectivity index (χ0n) is 11.0. The summed E-state index contributed by atoms with van der Waals surface area (Å²) in [7, 11) is 1.41. The molecule has 112 valence electrons. The average molecular weight is 299 g/mol. The largest absolute Gasteiger partial charge is 0.573 e. The number of nitrogens with zero attached hydrogens (tertiary/aromatic N) is 1. The number of ether oxygens (including phenoxy) is 2. The molecular formula is C14H12F3NO3. The van der Waals surface area contributed by atoms with Crippen LogP contribution in [0.1, 0.15) is 17.4 Å². The van der Waals surface area contributed by atoms with Crippen LogP contribution in [0.4, 0.5) is 13.2 Å². The maximum atomic E-state index is 12.2. The number of rotatable bonds is 4. The minimum atomic E-state index is -4.79. The van der Waals surface area contributed by atoms with Gasteiger partial charge in [0.15, 0.2) is 0 Å². The molecule has 1 aromatic heterocycles. The molecule has 2 rings (SSSR count). The third-order valence-electron chi connectivity index (χ3n) is 2.69. The molecule has 0 aliphatic rings. The van der Waals surface area contributed by atoms with Crippen LogP contribution in [0.5, 0.6) is 11.5 Å². The summed E-state index contributed by atoms with van der Waals surface area (Å²) in [5.41, 5.74) is 0.429. The second kappa shape index (κ2) is 6.01. The molecule has 21 heavy (non-hydrogen) atoms. The van der Waals surface area contributed by atoms with Gasteiger partial charge in [0.05, 0.1) is 7.11 Å². The Morgan fingerprint density at radius 2 is 1.95 bits per heavy atom. The van der Waals surface area contributed by atoms with E-state index in [9.17, 15) is 18.3 Å². The Kier molecular flexibility index (Phi) is 4.32. The lowest BCUT2D eigenvalue weighted by molar-refractivity contribution is -0.274. The Balaban J connectivity index is 2.31. The lowest BCUT2D eigenvalue weighted by Crippen LogP contribution is -2.17. The SMILES string of the molecule is COc1cccnc1C(O)c1cccc(OC(F)(F)F)c1. The Labute approximate surface area is 118 Å². The topological polar surface area (TPSA) is 51.6 Å². The van der Waals surface area contributed by atoms with Crippen molar-refractivity contribution >= 4 is 0 Å². The number of aromatic nitrogens is 1. The molecule has 0 spiro atoms. The number of hydrogen-bond donors (Lipinski definition) is 1. The molecule has 0 aliphatic heterocycles. The number of alkyl halides is 3. The molecule has 1 atom stereocenters. The van der Waals surface area contributed by atoms with Crippen molar-refractivity contribution in [1.29, 1.82) is 0 Å². The summed E-state index contributed by atoms with van der Waals surface area (Å²) < 4.78 is 45.5. The Morgan fingerprint density at radius 3 is 2.62 bits per heavy atom. The van der Waals surface area contributed by atoms with E-state index in [0.29, 0.717) is 5.75 Å². The van der Waals surface area contributed by atoms with E-state index in [4.69, 9.17) is 4.74 Å². The van der Waals surface area contributed by atoms with Crippen LogP contribution in [0.3, 0.4) is 0 Å². The first-order valence-electron chi connectivity index (χ1n) is 5.93. The average Bonchev–Trinajstić information content (AvgIpc) is 2.45. The predicted octanol–water partition coefficient (Wildman–Crippen LogP) is 3.07. The van der Waals surface area contributed by atoms with Gasteiger partial charge in [0.25, 0.3) is 0 Å². The Hall–Kier alpha value is -2.28. The fourth-order valence-corrected chi connectivity index (χ4v) is 1.82. The lowest BCUT2D eigenvalue weighted by Gasteiger charge is -2.15. The molecule has 0 amide bonds. The normalized spacial score (nSPS) is 12.8. The van der Waals surface area contributed by atoms with E-state index < -0.39 is 18.2 Å². The molecule has 7 heteroatoms. The van der Waals surface area contributed by atoms with Gasteiger partial charge >= 0.3 is 6.36 Å². The fourth-order valence-electron chi connectivity index (χ4n) is 1.82. The number of benzene rings is 1. The van der Waals surface area contributed by atoms with Crippen LogP contribution in [-0.4, -0.2) is 23.6 Å². The maximum Gasteiger partial charge on any atom is 0.573 e. The maximum absolute atomic E-state index is 12.2. The van der Waals surface area contributed by atoms with Gasteiger partial charge in [-0.2, -0.15) is 0 Å². The first kappa shape index (κ1) is 15.1. The highest BCUT2D eigenvalue weighted by molar-refractivity contribution is 5.38. The van der Waals surface area contributed by atoms with Gasteiger partial charge in [0, 0.05) is 6.20 Å². The van der Waals surface area contributed by atoms with Gasteiger partial charge in [-0.3, -0.25) is 4.98 Å². The van der Waals surface area contributed by atoms with E-state index >= 15 is 0 Å². The smallest absolute Gasteiger partial charge is 0.495 e. The van der Waals surface area contributed by atoms with Crippen molar-refractivity contribution in [1.82, 2.24) is 4.98 Å². The first-order valence-corrected chi connectivity index (χ1v) is 5.93. The van der Waals surface area contributed by atoms with E-state index in [-0.39, 0.29) is 11.3 Å². The molecule has 4 nitrogen and oxygen atoms in total. The molecule has 1 unspecified atom stereocenters. The molecule has 0 saturated heterocycles. The number of halogens is 3. The summed E-state index contributed by atoms with van der Waals surface area (Å²) in [5, 5.41) is 10.2. The molecule has 0 bridgehead atoms. The second-order valence-electron chi connectivity index (χ2n) is 4.11. The zero-order valence-corrected chi connectivity index (χ0v) is 11.0. The number of pyridine rings is 1. The van der Waals surface area contributed by atoms with Crippen molar-refractivity contribution in [3.05, 3.63) is 53.9 Å². The second-order valence-corrected chi connectivity index (χ2v) is 4.11. The summed E-state index contributed by atoms with van der Waals surface area (Å²) in [5.74, 6) is -0.0684. The van der Waals surface area contributed by atoms with Crippen LogP contribution < -0.4 is 9.47 Å². The molecule has 0 radical (unpaired) electrons. The quantitative estimate of drug-likeness (QED) is 0.942. The highest BCUT2D eigenvalue weighted by atomic mass is 19.4. The molecule has 0 aliphatic carbocycles. The lowest BCUT2D eigenvalue weighted by atomic mass is 10.1. The summed E-state index contributed by atoms with van der Waals surface area (Å²) in [4.78, 5) is 3.99. The summed E-state index contributed by atoms with van der Waals surface area (Å²) in [6.07, 6.45) is -4.55. The molecule has 1 aromatic carbocycles. The van der Waals surface area contributed by atoms with Crippen molar-refractivity contribution in [2.75, 3.05) is 7.11 Å². The zero-order chi connectivity index (χ0) is 15.5. The minimum absolute atomic E-state index is 0.212. The molecule has 0 fully saturated rings. The Morgan fingerprint density at radius 1 is 1.19 bits per heavy atom. The summed E-state index contributed by atoms with van der Waals surface area (Å²) in [6.45, 7) is 0.